The van der Waals surface area contributed by atoms with Gasteiger partial charge in [-0.15, -0.1) is 5.10 Å². The Labute approximate surface area is 92.4 Å². The van der Waals surface area contributed by atoms with E-state index < -0.39 is 5.97 Å². The van der Waals surface area contributed by atoms with Crippen LogP contribution in [-0.4, -0.2) is 40.9 Å². The van der Waals surface area contributed by atoms with E-state index in [-0.39, 0.29) is 24.3 Å². The Bertz CT molecular complexity index is 388. The van der Waals surface area contributed by atoms with Crippen LogP contribution in [-0.2, 0) is 14.3 Å². The van der Waals surface area contributed by atoms with Gasteiger partial charge in [-0.05, 0) is 6.92 Å². The van der Waals surface area contributed by atoms with Crippen molar-refractivity contribution in [1.82, 2.24) is 14.8 Å². The maximum atomic E-state index is 11.1. The highest BCUT2D eigenvalue weighted by atomic mass is 16.5. The van der Waals surface area contributed by atoms with Crippen molar-refractivity contribution >= 4 is 11.9 Å². The fourth-order valence-electron chi connectivity index (χ4n) is 1.09. The molecule has 1 unspecified atom stereocenters. The molecule has 7 nitrogen and oxygen atoms in total. The van der Waals surface area contributed by atoms with Crippen LogP contribution in [0.1, 0.15) is 30.0 Å². The fraction of sp³-hybridized carbons (Fsp3) is 0.556. The molecule has 7 heteroatoms. The molecular formula is C9H13N3O4. The Morgan fingerprint density at radius 3 is 2.69 bits per heavy atom. The molecule has 0 amide bonds. The number of hydrogen-bond acceptors (Lipinski definition) is 6. The number of rotatable bonds is 4. The molecule has 0 aliphatic rings. The molecule has 0 saturated carbocycles. The van der Waals surface area contributed by atoms with Crippen molar-refractivity contribution in [3.8, 4) is 0 Å². The Morgan fingerprint density at radius 1 is 1.44 bits per heavy atom. The molecule has 1 rings (SSSR count). The molecule has 0 aliphatic carbocycles. The fourth-order valence-corrected chi connectivity index (χ4v) is 1.09. The maximum absolute atomic E-state index is 11.1. The molecule has 1 heterocycles. The number of aromatic nitrogens is 3. The molecule has 0 fully saturated rings. The SMILES string of the molecule is COC(=O)CC(C)n1cnc(C(=O)OC)n1. The third kappa shape index (κ3) is 2.78. The zero-order valence-electron chi connectivity index (χ0n) is 9.34. The highest BCUT2D eigenvalue weighted by Gasteiger charge is 2.16. The van der Waals surface area contributed by atoms with Gasteiger partial charge < -0.3 is 9.47 Å². The van der Waals surface area contributed by atoms with Gasteiger partial charge in [0.25, 0.3) is 5.82 Å². The van der Waals surface area contributed by atoms with Crippen LogP contribution in [0.2, 0.25) is 0 Å². The summed E-state index contributed by atoms with van der Waals surface area (Å²) in [6, 6.07) is -0.224. The van der Waals surface area contributed by atoms with Crippen LogP contribution in [0.15, 0.2) is 6.33 Å². The van der Waals surface area contributed by atoms with Crippen molar-refractivity contribution in [3.63, 3.8) is 0 Å². The number of esters is 2. The Kier molecular flexibility index (Phi) is 3.98. The highest BCUT2D eigenvalue weighted by molar-refractivity contribution is 5.84. The summed E-state index contributed by atoms with van der Waals surface area (Å²) in [4.78, 5) is 25.9. The van der Waals surface area contributed by atoms with Gasteiger partial charge in [-0.1, -0.05) is 0 Å². The van der Waals surface area contributed by atoms with Crippen LogP contribution in [0.3, 0.4) is 0 Å². The van der Waals surface area contributed by atoms with Crippen LogP contribution < -0.4 is 0 Å². The third-order valence-corrected chi connectivity index (χ3v) is 2.02. The number of hydrogen-bond donors (Lipinski definition) is 0. The largest absolute Gasteiger partial charge is 0.469 e. The van der Waals surface area contributed by atoms with Crippen molar-refractivity contribution in [2.75, 3.05) is 14.2 Å². The van der Waals surface area contributed by atoms with Gasteiger partial charge in [0.2, 0.25) is 0 Å². The summed E-state index contributed by atoms with van der Waals surface area (Å²) in [5, 5.41) is 3.89. The summed E-state index contributed by atoms with van der Waals surface area (Å²) in [5.74, 6) is -0.981. The molecule has 1 aromatic rings. The lowest BCUT2D eigenvalue weighted by Crippen LogP contribution is -2.13. The third-order valence-electron chi connectivity index (χ3n) is 2.02. The van der Waals surface area contributed by atoms with Crippen LogP contribution in [0.25, 0.3) is 0 Å². The molecule has 0 radical (unpaired) electrons. The molecule has 0 bridgehead atoms. The lowest BCUT2D eigenvalue weighted by Gasteiger charge is -2.08. The van der Waals surface area contributed by atoms with Crippen molar-refractivity contribution < 1.29 is 19.1 Å². The number of methoxy groups -OCH3 is 2. The van der Waals surface area contributed by atoms with Crippen LogP contribution in [0.4, 0.5) is 0 Å². The van der Waals surface area contributed by atoms with E-state index in [4.69, 9.17) is 0 Å². The first-order valence-corrected chi connectivity index (χ1v) is 4.64. The van der Waals surface area contributed by atoms with Crippen LogP contribution in [0.5, 0.6) is 0 Å². The van der Waals surface area contributed by atoms with Crippen molar-refractivity contribution in [2.45, 2.75) is 19.4 Å². The normalized spacial score (nSPS) is 11.9. The van der Waals surface area contributed by atoms with E-state index in [1.807, 2.05) is 0 Å². The van der Waals surface area contributed by atoms with Gasteiger partial charge in [0.15, 0.2) is 0 Å². The van der Waals surface area contributed by atoms with E-state index in [0.717, 1.165) is 0 Å². The average molecular weight is 227 g/mol. The molecular weight excluding hydrogens is 214 g/mol. The Balaban J connectivity index is 2.70. The smallest absolute Gasteiger partial charge is 0.377 e. The first-order chi connectivity index (χ1) is 7.58. The zero-order valence-corrected chi connectivity index (χ0v) is 9.34. The molecule has 0 aliphatic heterocycles. The van der Waals surface area contributed by atoms with Gasteiger partial charge in [0.1, 0.15) is 6.33 Å². The van der Waals surface area contributed by atoms with E-state index in [1.54, 1.807) is 6.92 Å². The van der Waals surface area contributed by atoms with E-state index in [2.05, 4.69) is 19.6 Å². The number of ether oxygens (including phenoxy) is 2. The van der Waals surface area contributed by atoms with Crippen LogP contribution in [0, 0.1) is 0 Å². The predicted octanol–water partition coefficient (Wildman–Crippen LogP) is 0.189. The van der Waals surface area contributed by atoms with Crippen molar-refractivity contribution in [3.05, 3.63) is 12.2 Å². The summed E-state index contributed by atoms with van der Waals surface area (Å²) >= 11 is 0. The second kappa shape index (κ2) is 5.24. The first kappa shape index (κ1) is 12.2. The van der Waals surface area contributed by atoms with Gasteiger partial charge in [0.05, 0.1) is 26.7 Å². The Hall–Kier alpha value is -1.92. The average Bonchev–Trinajstić information content (AvgIpc) is 2.77. The molecule has 0 saturated heterocycles. The van der Waals surface area contributed by atoms with Crippen LogP contribution >= 0.6 is 0 Å². The lowest BCUT2D eigenvalue weighted by atomic mass is 10.2. The number of carbonyl (C=O) groups excluding carboxylic acids is 2. The lowest BCUT2D eigenvalue weighted by molar-refractivity contribution is -0.141. The Morgan fingerprint density at radius 2 is 2.12 bits per heavy atom. The second-order valence-corrected chi connectivity index (χ2v) is 3.17. The molecule has 0 spiro atoms. The molecule has 1 aromatic heterocycles. The van der Waals surface area contributed by atoms with Crippen molar-refractivity contribution in [2.24, 2.45) is 0 Å². The first-order valence-electron chi connectivity index (χ1n) is 4.64. The van der Waals surface area contributed by atoms with E-state index in [0.29, 0.717) is 0 Å². The predicted molar refractivity (Wildman–Crippen MR) is 52.7 cm³/mol. The topological polar surface area (TPSA) is 83.3 Å². The van der Waals surface area contributed by atoms with Crippen molar-refractivity contribution in [1.29, 1.82) is 0 Å². The van der Waals surface area contributed by atoms with Gasteiger partial charge in [-0.3, -0.25) is 4.79 Å². The summed E-state index contributed by atoms with van der Waals surface area (Å²) in [6.45, 7) is 1.77. The minimum Gasteiger partial charge on any atom is -0.469 e. The number of carbonyl (C=O) groups is 2. The van der Waals surface area contributed by atoms with E-state index in [9.17, 15) is 9.59 Å². The minimum atomic E-state index is -0.607. The molecule has 1 atom stereocenters. The molecule has 0 N–H and O–H groups in total. The zero-order chi connectivity index (χ0) is 12.1. The summed E-state index contributed by atoms with van der Waals surface area (Å²) in [7, 11) is 2.57. The molecule has 88 valence electrons. The molecule has 0 aromatic carbocycles. The summed E-state index contributed by atoms with van der Waals surface area (Å²) in [5.41, 5.74) is 0. The van der Waals surface area contributed by atoms with E-state index >= 15 is 0 Å². The van der Waals surface area contributed by atoms with Gasteiger partial charge in [-0.2, -0.15) is 0 Å². The van der Waals surface area contributed by atoms with Gasteiger partial charge >= 0.3 is 11.9 Å². The maximum Gasteiger partial charge on any atom is 0.377 e. The minimum absolute atomic E-state index is 0.0285. The standard InChI is InChI=1S/C9H13N3O4/c1-6(4-7(13)15-2)12-5-10-8(11-12)9(14)16-3/h5-6H,4H2,1-3H3. The monoisotopic (exact) mass is 227 g/mol. The summed E-state index contributed by atoms with van der Waals surface area (Å²) < 4.78 is 10.4. The van der Waals surface area contributed by atoms with E-state index in [1.165, 1.54) is 25.2 Å². The van der Waals surface area contributed by atoms with Gasteiger partial charge in [-0.25, -0.2) is 14.5 Å². The highest BCUT2D eigenvalue weighted by Crippen LogP contribution is 2.09. The number of nitrogens with zero attached hydrogens (tertiary/aromatic N) is 3. The second-order valence-electron chi connectivity index (χ2n) is 3.17. The molecule has 16 heavy (non-hydrogen) atoms. The summed E-state index contributed by atoms with van der Waals surface area (Å²) in [6.07, 6.45) is 1.54. The van der Waals surface area contributed by atoms with Gasteiger partial charge in [0, 0.05) is 0 Å². The quantitative estimate of drug-likeness (QED) is 0.683.